The Morgan fingerprint density at radius 1 is 0.661 bits per heavy atom. The van der Waals surface area contributed by atoms with Crippen LogP contribution in [0.4, 0.5) is 30.7 Å². The molecule has 15 heteroatoms. The number of halogens is 7. The van der Waals surface area contributed by atoms with Gasteiger partial charge in [-0.25, -0.2) is 17.6 Å². The summed E-state index contributed by atoms with van der Waals surface area (Å²) in [7, 11) is 0. The fourth-order valence-corrected chi connectivity index (χ4v) is 3.60. The summed E-state index contributed by atoms with van der Waals surface area (Å²) >= 11 is 0. The van der Waals surface area contributed by atoms with Gasteiger partial charge < -0.3 is 25.9 Å². The molecule has 360 valence electrons. The minimum absolute atomic E-state index is 0. The molecule has 0 radical (unpaired) electrons. The summed E-state index contributed by atoms with van der Waals surface area (Å²) in [6, 6.07) is 0. The van der Waals surface area contributed by atoms with Crippen LogP contribution in [0.2, 0.25) is 0 Å². The first-order valence-electron chi connectivity index (χ1n) is 19.5. The Balaban J connectivity index is -0.0000000764. The first-order valence-corrected chi connectivity index (χ1v) is 19.5. The third-order valence-electron chi connectivity index (χ3n) is 8.67. The van der Waals surface area contributed by atoms with Crippen molar-refractivity contribution in [3.8, 4) is 0 Å². The van der Waals surface area contributed by atoms with Crippen LogP contribution in [0, 0.1) is 35.0 Å². The molecule has 3 atom stereocenters. The van der Waals surface area contributed by atoms with Gasteiger partial charge in [-0.3, -0.25) is 14.4 Å². The van der Waals surface area contributed by atoms with Crippen LogP contribution in [0.5, 0.6) is 0 Å². The monoisotopic (exact) mass is 1130 g/mol. The maximum Gasteiger partial charge on any atom is 0.388 e. The first kappa shape index (κ1) is 76.6. The molecule has 0 aromatic heterocycles. The smallest absolute Gasteiger partial charge is 0.388 e. The van der Waals surface area contributed by atoms with Crippen LogP contribution >= 0.6 is 0 Å². The molecule has 0 spiro atoms. The van der Waals surface area contributed by atoms with E-state index in [2.05, 4.69) is 34.6 Å². The number of alkyl halides is 7. The second kappa shape index (κ2) is 43.0. The molecule has 0 aromatic carbocycles. The molecule has 2 rings (SSSR count). The average Bonchev–Trinajstić information content (AvgIpc) is 3.89. The molecule has 1 saturated carbocycles. The van der Waals surface area contributed by atoms with E-state index in [1.807, 2.05) is 62.3 Å². The number of hydrogen-bond acceptors (Lipinski definition) is 7. The summed E-state index contributed by atoms with van der Waals surface area (Å²) < 4.78 is 91.7. The standard InChI is InChI=1S/C13H22O3.C12H24O2.C8H15O2.C3H5F3.C3H8.2CH2F2.3CH4.Rf/c1-4-13(2,3)12(14)15-8-9-5-6-10-11(7-9)16-10;1-6-12(4,5)11(13)14-9-7-8-10(2)3;1-5-8(3,4)7(9)10-6-2;1-2-3(4,5)6;1-3-2;2*2-1-3;;;;/h9-11H,4-8H2,1-3H3;10H,6-9H2,1-5H3;2,5-6H2,1,3-4H3;2H2,1H3;3H2,1-2H3;2*1H2;3*1H4;/q;;-1;;;;;;;;. The minimum atomic E-state index is -3.96. The van der Waals surface area contributed by atoms with Gasteiger partial charge in [0.2, 0.25) is 13.9 Å². The van der Waals surface area contributed by atoms with Gasteiger partial charge in [-0.15, -0.1) is 0 Å². The van der Waals surface area contributed by atoms with Crippen molar-refractivity contribution in [2.24, 2.45) is 28.1 Å². The Hall–Kier alpha value is -3.12. The number of fused-ring (bicyclic) bond motifs is 1. The molecule has 0 amide bonds. The van der Waals surface area contributed by atoms with E-state index in [4.69, 9.17) is 18.9 Å². The third-order valence-corrected chi connectivity index (χ3v) is 8.67. The fraction of sp³-hybridized carbons (Fsp3) is 0.909. The Labute approximate surface area is 352 Å². The van der Waals surface area contributed by atoms with E-state index < -0.39 is 26.5 Å². The maximum atomic E-state index is 11.8. The number of carbonyl (C=O) groups is 3. The van der Waals surface area contributed by atoms with Gasteiger partial charge in [0.15, 0.2) is 0 Å². The van der Waals surface area contributed by atoms with Gasteiger partial charge in [0.25, 0.3) is 0 Å². The Kier molecular flexibility index (Phi) is 55.8. The molecule has 3 unspecified atom stereocenters. The fourth-order valence-electron chi connectivity index (χ4n) is 3.60. The normalized spacial score (nSPS) is 15.8. The zero-order valence-corrected chi connectivity index (χ0v) is 43.7. The van der Waals surface area contributed by atoms with Crippen LogP contribution in [-0.2, 0) is 33.3 Å². The van der Waals surface area contributed by atoms with E-state index in [9.17, 15) is 45.1 Å². The molecule has 2 aliphatic rings. The van der Waals surface area contributed by atoms with E-state index >= 15 is 0 Å². The second-order valence-corrected chi connectivity index (χ2v) is 15.4. The van der Waals surface area contributed by atoms with Crippen molar-refractivity contribution in [3.05, 3.63) is 6.92 Å². The van der Waals surface area contributed by atoms with Crippen LogP contribution in [0.1, 0.15) is 183 Å². The van der Waals surface area contributed by atoms with Crippen molar-refractivity contribution in [2.75, 3.05) is 33.7 Å². The van der Waals surface area contributed by atoms with E-state index in [0.717, 1.165) is 58.3 Å². The number of hydrogen-bond donors (Lipinski definition) is 0. The van der Waals surface area contributed by atoms with Gasteiger partial charge >= 0.3 is 24.1 Å². The van der Waals surface area contributed by atoms with Crippen molar-refractivity contribution < 1.29 is 64.1 Å². The zero-order chi connectivity index (χ0) is 44.5. The average molecular weight is 1130 g/mol. The van der Waals surface area contributed by atoms with Gasteiger partial charge in [-0.2, -0.15) is 13.2 Å². The molecule has 1 heterocycles. The minimum Gasteiger partial charge on any atom is -0.498 e. The van der Waals surface area contributed by atoms with Gasteiger partial charge in [-0.05, 0) is 111 Å². The molecule has 1 saturated heterocycles. The maximum absolute atomic E-state index is 11.8. The second-order valence-electron chi connectivity index (χ2n) is 15.4. The topological polar surface area (TPSA) is 91.4 Å². The largest absolute Gasteiger partial charge is 0.498 e. The number of carbonyl (C=O) groups excluding carboxylic acids is 3. The van der Waals surface area contributed by atoms with Crippen LogP contribution < -0.4 is 0 Å². The zero-order valence-electron chi connectivity index (χ0n) is 37.3. The van der Waals surface area contributed by atoms with E-state index in [-0.39, 0.29) is 63.0 Å². The molecule has 0 bridgehead atoms. The van der Waals surface area contributed by atoms with Gasteiger partial charge in [0.05, 0.1) is 41.7 Å². The van der Waals surface area contributed by atoms with Crippen LogP contribution in [0.3, 0.4) is 0 Å². The van der Waals surface area contributed by atoms with Crippen LogP contribution in [0.25, 0.3) is 0 Å². The number of ether oxygens (including phenoxy) is 4. The molecular formula is C44H90F7O7Rf-. The molecule has 2 fully saturated rings. The summed E-state index contributed by atoms with van der Waals surface area (Å²) in [6.07, 6.45) is 5.47. The molecule has 7 nitrogen and oxygen atoms in total. The molecule has 1 aliphatic heterocycles. The quantitative estimate of drug-likeness (QED) is 0.0453. The Bertz CT molecular complexity index is 931. The van der Waals surface area contributed by atoms with Crippen molar-refractivity contribution in [1.82, 2.24) is 0 Å². The third kappa shape index (κ3) is 47.4. The summed E-state index contributed by atoms with van der Waals surface area (Å²) in [5, 5.41) is 0. The van der Waals surface area contributed by atoms with Crippen molar-refractivity contribution in [1.29, 1.82) is 0 Å². The SMILES string of the molecule is C.C.C.CCC.CCC(C)(C)C(=O)OCC1CCC2OC2C1.CCC(C)(C)C(=O)OCCCC(C)C.CCC(F)(F)F.FCF.FCF.[CH2-]COC(=O)C(C)(C)CC.[Rf]. The van der Waals surface area contributed by atoms with Crippen LogP contribution in [-0.4, -0.2) is 70.0 Å². The van der Waals surface area contributed by atoms with E-state index in [1.165, 1.54) is 6.42 Å². The van der Waals surface area contributed by atoms with Crippen molar-refractivity contribution >= 4 is 17.9 Å². The molecule has 0 N–H and O–H groups in total. The number of esters is 3. The number of rotatable bonds is 13. The Morgan fingerprint density at radius 2 is 1.00 bits per heavy atom. The predicted octanol–water partition coefficient (Wildman–Crippen LogP) is 14.8. The number of epoxide rings is 1. The summed E-state index contributed by atoms with van der Waals surface area (Å²) in [6.45, 7) is 28.5. The molecular weight excluding hydrogens is 1040 g/mol. The predicted molar refractivity (Wildman–Crippen MR) is 227 cm³/mol. The summed E-state index contributed by atoms with van der Waals surface area (Å²) in [5.74, 6) is 0.913. The van der Waals surface area contributed by atoms with Gasteiger partial charge in [0, 0.05) is 6.42 Å². The summed E-state index contributed by atoms with van der Waals surface area (Å²) in [4.78, 5) is 34.3. The molecule has 1 aliphatic carbocycles. The van der Waals surface area contributed by atoms with Gasteiger partial charge in [0.1, 0.15) is 0 Å². The molecule has 0 aromatic rings. The van der Waals surface area contributed by atoms with Gasteiger partial charge in [-0.1, -0.05) is 84.1 Å². The molecule has 59 heavy (non-hydrogen) atoms. The van der Waals surface area contributed by atoms with Crippen LogP contribution in [0.15, 0.2) is 0 Å². The van der Waals surface area contributed by atoms with E-state index in [1.54, 1.807) is 0 Å². The summed E-state index contributed by atoms with van der Waals surface area (Å²) in [5.41, 5.74) is -1.01. The van der Waals surface area contributed by atoms with Crippen molar-refractivity contribution in [3.63, 3.8) is 0 Å². The van der Waals surface area contributed by atoms with E-state index in [0.29, 0.717) is 37.3 Å². The first-order chi connectivity index (χ1) is 25.3. The van der Waals surface area contributed by atoms with Crippen molar-refractivity contribution in [2.45, 2.75) is 202 Å². The Morgan fingerprint density at radius 3 is 1.29 bits per heavy atom.